The lowest BCUT2D eigenvalue weighted by Gasteiger charge is -2.26. The van der Waals surface area contributed by atoms with Gasteiger partial charge in [0.25, 0.3) is 0 Å². The summed E-state index contributed by atoms with van der Waals surface area (Å²) >= 11 is 0. The number of allylic oxidation sites excluding steroid dienone is 1. The summed E-state index contributed by atoms with van der Waals surface area (Å²) in [5, 5.41) is 21.8. The van der Waals surface area contributed by atoms with Crippen LogP contribution in [0.2, 0.25) is 0 Å². The van der Waals surface area contributed by atoms with Crippen molar-refractivity contribution in [2.24, 2.45) is 0 Å². The molecule has 1 aromatic heterocycles. The molecular weight excluding hydrogens is 435 g/mol. The first-order valence-electron chi connectivity index (χ1n) is 11.1. The number of amides is 1. The van der Waals surface area contributed by atoms with E-state index in [1.165, 1.54) is 12.3 Å². The van der Waals surface area contributed by atoms with Crippen molar-refractivity contribution in [1.82, 2.24) is 10.3 Å². The van der Waals surface area contributed by atoms with Crippen molar-refractivity contribution in [3.8, 4) is 16.9 Å². The summed E-state index contributed by atoms with van der Waals surface area (Å²) in [4.78, 5) is 28.0. The number of carbonyl (C=O) groups is 2. The molecule has 0 saturated carbocycles. The van der Waals surface area contributed by atoms with Gasteiger partial charge in [-0.1, -0.05) is 42.5 Å². The fourth-order valence-electron chi connectivity index (χ4n) is 4.22. The minimum atomic E-state index is -1.03. The molecule has 1 atom stereocenters. The van der Waals surface area contributed by atoms with Crippen LogP contribution in [0.5, 0.6) is 5.75 Å². The number of pyridine rings is 1. The summed E-state index contributed by atoms with van der Waals surface area (Å²) in [6.07, 6.45) is 3.49. The Morgan fingerprint density at radius 3 is 2.29 bits per heavy atom. The fraction of sp³-hybridized carbons (Fsp3) is 0.222. The van der Waals surface area contributed by atoms with Gasteiger partial charge in [-0.15, -0.1) is 0 Å². The monoisotopic (exact) mass is 460 g/mol. The Morgan fingerprint density at radius 1 is 1.00 bits per heavy atom. The van der Waals surface area contributed by atoms with Gasteiger partial charge in [0, 0.05) is 18.3 Å². The molecule has 1 heterocycles. The van der Waals surface area contributed by atoms with E-state index in [9.17, 15) is 24.2 Å². The Hall–Kier alpha value is -4.00. The van der Waals surface area contributed by atoms with Gasteiger partial charge in [0.1, 0.15) is 5.75 Å². The number of phenolic OH excluding ortho intramolecular Hbond substituents is 1. The number of carbonyl (C=O) groups excluding carboxylic acids is 1. The quantitative estimate of drug-likeness (QED) is 0.434. The SMILES string of the molecule is O=C(CCc1ccc(-c2ccc(O)cc2)cc1)NC1=C(C(=O)O)CCC(c2ccc(F)nc2)C1. The third kappa shape index (κ3) is 5.67. The first-order chi connectivity index (χ1) is 16.4. The number of hydrogen-bond donors (Lipinski definition) is 3. The minimum Gasteiger partial charge on any atom is -0.508 e. The Balaban J connectivity index is 1.38. The van der Waals surface area contributed by atoms with Gasteiger partial charge in [-0.25, -0.2) is 9.78 Å². The summed E-state index contributed by atoms with van der Waals surface area (Å²) in [5.74, 6) is -1.65. The van der Waals surface area contributed by atoms with Gasteiger partial charge in [0.15, 0.2) is 0 Å². The van der Waals surface area contributed by atoms with Gasteiger partial charge in [0.05, 0.1) is 5.57 Å². The molecule has 3 N–H and O–H groups in total. The van der Waals surface area contributed by atoms with E-state index < -0.39 is 11.9 Å². The van der Waals surface area contributed by atoms with E-state index in [2.05, 4.69) is 10.3 Å². The predicted octanol–water partition coefficient (Wildman–Crippen LogP) is 4.95. The standard InChI is InChI=1S/C27H25FN2O4/c28-25-13-9-21(16-29-25)20-8-12-23(27(33)34)24(15-20)30-26(32)14-3-17-1-4-18(5-2-17)19-6-10-22(31)11-7-19/h1-2,4-7,9-11,13,16,20,31H,3,8,12,14-15H2,(H,30,32)(H,33,34). The van der Waals surface area contributed by atoms with Crippen LogP contribution in [0.25, 0.3) is 11.1 Å². The zero-order valence-electron chi connectivity index (χ0n) is 18.5. The van der Waals surface area contributed by atoms with Gasteiger partial charge in [-0.3, -0.25) is 4.79 Å². The zero-order valence-corrected chi connectivity index (χ0v) is 18.5. The average Bonchev–Trinajstić information content (AvgIpc) is 2.84. The molecule has 0 bridgehead atoms. The maximum Gasteiger partial charge on any atom is 0.333 e. The van der Waals surface area contributed by atoms with Crippen LogP contribution in [-0.4, -0.2) is 27.1 Å². The number of aryl methyl sites for hydroxylation is 1. The van der Waals surface area contributed by atoms with E-state index >= 15 is 0 Å². The van der Waals surface area contributed by atoms with Crippen LogP contribution in [0.4, 0.5) is 4.39 Å². The number of carboxylic acid groups (broad SMARTS) is 1. The lowest BCUT2D eigenvalue weighted by Crippen LogP contribution is -2.29. The Bertz CT molecular complexity index is 1200. The van der Waals surface area contributed by atoms with Crippen LogP contribution in [0.3, 0.4) is 0 Å². The van der Waals surface area contributed by atoms with Crippen LogP contribution < -0.4 is 5.32 Å². The highest BCUT2D eigenvalue weighted by Crippen LogP contribution is 2.35. The Labute approximate surface area is 196 Å². The summed E-state index contributed by atoms with van der Waals surface area (Å²) in [6.45, 7) is 0. The van der Waals surface area contributed by atoms with Gasteiger partial charge < -0.3 is 15.5 Å². The van der Waals surface area contributed by atoms with Crippen molar-refractivity contribution in [3.05, 3.63) is 95.2 Å². The van der Waals surface area contributed by atoms with Crippen molar-refractivity contribution in [2.75, 3.05) is 0 Å². The first kappa shape index (κ1) is 23.2. The number of hydrogen-bond acceptors (Lipinski definition) is 4. The summed E-state index contributed by atoms with van der Waals surface area (Å²) < 4.78 is 13.2. The molecule has 0 aliphatic heterocycles. The second-order valence-electron chi connectivity index (χ2n) is 8.41. The van der Waals surface area contributed by atoms with E-state index in [4.69, 9.17) is 0 Å². The molecule has 1 amide bonds. The molecule has 7 heteroatoms. The molecule has 4 rings (SSSR count). The Morgan fingerprint density at radius 2 is 1.68 bits per heavy atom. The van der Waals surface area contributed by atoms with Gasteiger partial charge in [-0.2, -0.15) is 4.39 Å². The van der Waals surface area contributed by atoms with E-state index in [1.807, 2.05) is 36.4 Å². The Kier molecular flexibility index (Phi) is 7.01. The maximum absolute atomic E-state index is 13.2. The highest BCUT2D eigenvalue weighted by molar-refractivity contribution is 5.89. The minimum absolute atomic E-state index is 0.0288. The van der Waals surface area contributed by atoms with Crippen molar-refractivity contribution < 1.29 is 24.2 Å². The molecule has 0 radical (unpaired) electrons. The van der Waals surface area contributed by atoms with Crippen molar-refractivity contribution >= 4 is 11.9 Å². The van der Waals surface area contributed by atoms with Crippen LogP contribution in [0, 0.1) is 5.95 Å². The fourth-order valence-corrected chi connectivity index (χ4v) is 4.22. The molecule has 1 aliphatic rings. The van der Waals surface area contributed by atoms with Crippen LogP contribution in [-0.2, 0) is 16.0 Å². The molecule has 0 fully saturated rings. The smallest absolute Gasteiger partial charge is 0.333 e. The zero-order chi connectivity index (χ0) is 24.1. The van der Waals surface area contributed by atoms with Crippen molar-refractivity contribution in [1.29, 1.82) is 0 Å². The summed E-state index contributed by atoms with van der Waals surface area (Å²) in [5.41, 5.74) is 4.44. The number of phenols is 1. The van der Waals surface area contributed by atoms with Crippen LogP contribution >= 0.6 is 0 Å². The normalized spacial score (nSPS) is 15.7. The molecule has 1 aliphatic carbocycles. The largest absolute Gasteiger partial charge is 0.508 e. The van der Waals surface area contributed by atoms with Crippen LogP contribution in [0.15, 0.2) is 78.1 Å². The highest BCUT2D eigenvalue weighted by Gasteiger charge is 2.27. The number of halogens is 1. The molecule has 174 valence electrons. The number of aromatic nitrogens is 1. The molecular formula is C27H25FN2O4. The topological polar surface area (TPSA) is 99.5 Å². The van der Waals surface area contributed by atoms with Gasteiger partial charge >= 0.3 is 5.97 Å². The molecule has 2 aromatic carbocycles. The lowest BCUT2D eigenvalue weighted by atomic mass is 9.83. The molecule has 1 unspecified atom stereocenters. The summed E-state index contributed by atoms with van der Waals surface area (Å²) in [7, 11) is 0. The van der Waals surface area contributed by atoms with Crippen molar-refractivity contribution in [2.45, 2.75) is 38.0 Å². The number of carboxylic acids is 1. The predicted molar refractivity (Wildman–Crippen MR) is 125 cm³/mol. The second kappa shape index (κ2) is 10.3. The highest BCUT2D eigenvalue weighted by atomic mass is 19.1. The molecule has 0 saturated heterocycles. The number of nitrogens with zero attached hydrogens (tertiary/aromatic N) is 1. The van der Waals surface area contributed by atoms with E-state index in [0.717, 1.165) is 22.3 Å². The number of benzene rings is 2. The molecule has 0 spiro atoms. The number of aromatic hydroxyl groups is 1. The van der Waals surface area contributed by atoms with Crippen molar-refractivity contribution in [3.63, 3.8) is 0 Å². The van der Waals surface area contributed by atoms with E-state index in [-0.39, 0.29) is 29.6 Å². The second-order valence-corrected chi connectivity index (χ2v) is 8.41. The third-order valence-corrected chi connectivity index (χ3v) is 6.12. The molecule has 6 nitrogen and oxygen atoms in total. The van der Waals surface area contributed by atoms with Crippen LogP contribution in [0.1, 0.15) is 42.7 Å². The van der Waals surface area contributed by atoms with Gasteiger partial charge in [-0.05, 0) is 72.1 Å². The number of aliphatic carboxylic acids is 1. The first-order valence-corrected chi connectivity index (χ1v) is 11.1. The summed E-state index contributed by atoms with van der Waals surface area (Å²) in [6, 6.07) is 17.7. The number of nitrogens with one attached hydrogen (secondary N) is 1. The molecule has 34 heavy (non-hydrogen) atoms. The maximum atomic E-state index is 13.2. The average molecular weight is 461 g/mol. The molecule has 3 aromatic rings. The van der Waals surface area contributed by atoms with E-state index in [1.54, 1.807) is 18.2 Å². The number of rotatable bonds is 7. The van der Waals surface area contributed by atoms with E-state index in [0.29, 0.717) is 31.4 Å². The van der Waals surface area contributed by atoms with Gasteiger partial charge in [0.2, 0.25) is 11.9 Å². The lowest BCUT2D eigenvalue weighted by molar-refractivity contribution is -0.133. The third-order valence-electron chi connectivity index (χ3n) is 6.12.